The standard InChI is InChI=1S/C74H131NO8/c1-6-8-10-12-14-16-18-20-22-24-26-28-30-32-34-36-38-40-42-44-46-48-50-52-54-56-58-60-62-64-71(76)81-68-70(69-82-74(73(78)79)80-67-66-75(3,4)5)83-72(77)65-63-61-59-57-55-53-51-49-47-45-43-41-39-37-35-33-31-29-27-25-23-21-19-17-15-13-11-9-7-2/h9,11,15,17-18,20-21,23-24,26-27,29,33,35,70,74H,6-8,10,12-14,16,19,22,25,28,30-32,34,36-69H2,1-5H3/b11-9-,17-15-,20-18-,23-21-,26-24-,29-27-,35-33-. The first-order valence-corrected chi connectivity index (χ1v) is 34.7. The summed E-state index contributed by atoms with van der Waals surface area (Å²) in [5.41, 5.74) is 0. The first kappa shape index (κ1) is 79.5. The molecule has 0 spiro atoms. The van der Waals surface area contributed by atoms with Crippen LogP contribution in [0.25, 0.3) is 0 Å². The van der Waals surface area contributed by atoms with E-state index in [1.165, 1.54) is 199 Å². The molecule has 9 heteroatoms. The number of ether oxygens (including phenoxy) is 4. The maximum Gasteiger partial charge on any atom is 0.306 e. The molecule has 0 N–H and O–H groups in total. The SMILES string of the molecule is CC/C=C\C/C=C\C/C=C\C/C=C\C/C=C\CCCCCCCCCCCCCCCC(=O)OC(COC(=O)CCCCCCCCCCCCCCCCCCC/C=C\C/C=C\CCCCCCC)COC(OCC[N+](C)(C)C)C(=O)[O-]. The van der Waals surface area contributed by atoms with Gasteiger partial charge in [0.05, 0.1) is 40.3 Å². The van der Waals surface area contributed by atoms with Gasteiger partial charge in [-0.3, -0.25) is 9.59 Å². The van der Waals surface area contributed by atoms with Crippen LogP contribution in [0.1, 0.15) is 309 Å². The molecule has 9 nitrogen and oxygen atoms in total. The lowest BCUT2D eigenvalue weighted by atomic mass is 10.0. The van der Waals surface area contributed by atoms with Gasteiger partial charge in [-0.05, 0) is 89.9 Å². The van der Waals surface area contributed by atoms with Crippen LogP contribution in [0.4, 0.5) is 0 Å². The molecule has 0 aromatic carbocycles. The van der Waals surface area contributed by atoms with Gasteiger partial charge in [-0.2, -0.15) is 0 Å². The van der Waals surface area contributed by atoms with E-state index >= 15 is 0 Å². The maximum atomic E-state index is 12.9. The van der Waals surface area contributed by atoms with Crippen LogP contribution < -0.4 is 5.11 Å². The second kappa shape index (κ2) is 64.5. The zero-order chi connectivity index (χ0) is 60.5. The van der Waals surface area contributed by atoms with E-state index in [1.54, 1.807) is 0 Å². The van der Waals surface area contributed by atoms with Crippen molar-refractivity contribution >= 4 is 17.9 Å². The number of hydrogen-bond donors (Lipinski definition) is 0. The van der Waals surface area contributed by atoms with Crippen LogP contribution >= 0.6 is 0 Å². The molecule has 0 heterocycles. The van der Waals surface area contributed by atoms with Crippen molar-refractivity contribution in [3.8, 4) is 0 Å². The molecule has 0 saturated heterocycles. The largest absolute Gasteiger partial charge is 0.545 e. The number of hydrogen-bond acceptors (Lipinski definition) is 8. The quantitative estimate of drug-likeness (QED) is 0.0195. The van der Waals surface area contributed by atoms with Crippen LogP contribution in [0.3, 0.4) is 0 Å². The smallest absolute Gasteiger partial charge is 0.306 e. The number of rotatable bonds is 64. The molecule has 0 aliphatic carbocycles. The summed E-state index contributed by atoms with van der Waals surface area (Å²) in [7, 11) is 5.93. The second-order valence-electron chi connectivity index (χ2n) is 24.4. The summed E-state index contributed by atoms with van der Waals surface area (Å²) in [5, 5.41) is 11.8. The Hall–Kier alpha value is -3.53. The van der Waals surface area contributed by atoms with E-state index in [0.29, 0.717) is 23.9 Å². The highest BCUT2D eigenvalue weighted by Crippen LogP contribution is 2.18. The molecular weight excluding hydrogens is 1030 g/mol. The fourth-order valence-electron chi connectivity index (χ4n) is 9.83. The number of carboxylic acid groups (broad SMARTS) is 1. The van der Waals surface area contributed by atoms with E-state index < -0.39 is 24.3 Å². The Labute approximate surface area is 512 Å². The lowest BCUT2D eigenvalue weighted by Crippen LogP contribution is -2.44. The van der Waals surface area contributed by atoms with Crippen LogP contribution in [0.5, 0.6) is 0 Å². The number of unbranched alkanes of at least 4 members (excludes halogenated alkanes) is 35. The molecule has 83 heavy (non-hydrogen) atoms. The van der Waals surface area contributed by atoms with Crippen LogP contribution in [-0.2, 0) is 33.3 Å². The summed E-state index contributed by atoms with van der Waals surface area (Å²) in [6.45, 7) is 4.66. The van der Waals surface area contributed by atoms with Gasteiger partial charge in [0.25, 0.3) is 0 Å². The van der Waals surface area contributed by atoms with Crippen molar-refractivity contribution in [2.75, 3.05) is 47.5 Å². The van der Waals surface area contributed by atoms with E-state index in [4.69, 9.17) is 18.9 Å². The fraction of sp³-hybridized carbons (Fsp3) is 0.770. The molecule has 0 rings (SSSR count). The van der Waals surface area contributed by atoms with Gasteiger partial charge in [0.15, 0.2) is 12.4 Å². The van der Waals surface area contributed by atoms with Gasteiger partial charge in [-0.1, -0.05) is 292 Å². The van der Waals surface area contributed by atoms with Gasteiger partial charge >= 0.3 is 11.9 Å². The van der Waals surface area contributed by atoms with Crippen LogP contribution in [0.15, 0.2) is 85.1 Å². The Morgan fingerprint density at radius 1 is 0.373 bits per heavy atom. The van der Waals surface area contributed by atoms with Gasteiger partial charge in [0, 0.05) is 12.8 Å². The normalized spacial score (nSPS) is 13.2. The molecule has 0 aliphatic rings. The summed E-state index contributed by atoms with van der Waals surface area (Å²) in [6, 6.07) is 0. The first-order valence-electron chi connectivity index (χ1n) is 34.7. The molecule has 0 radical (unpaired) electrons. The highest BCUT2D eigenvalue weighted by molar-refractivity contribution is 5.70. The lowest BCUT2D eigenvalue weighted by Gasteiger charge is -2.26. The number of quaternary nitrogens is 1. The summed E-state index contributed by atoms with van der Waals surface area (Å²) in [5.74, 6) is -2.27. The monoisotopic (exact) mass is 1160 g/mol. The van der Waals surface area contributed by atoms with Gasteiger partial charge < -0.3 is 33.3 Å². The number of carboxylic acids is 1. The highest BCUT2D eigenvalue weighted by atomic mass is 16.7. The number of likely N-dealkylation sites (N-methyl/N-ethyl adjacent to an activating group) is 1. The molecule has 2 unspecified atom stereocenters. The van der Waals surface area contributed by atoms with Gasteiger partial charge in [0.2, 0.25) is 0 Å². The van der Waals surface area contributed by atoms with Crippen molar-refractivity contribution in [2.45, 2.75) is 322 Å². The molecular formula is C74H131NO8. The topological polar surface area (TPSA) is 111 Å². The van der Waals surface area contributed by atoms with Crippen molar-refractivity contribution < 1.29 is 42.9 Å². The Kier molecular flexibility index (Phi) is 61.7. The number of aliphatic carboxylic acids is 1. The van der Waals surface area contributed by atoms with Crippen LogP contribution in [-0.4, -0.2) is 82.3 Å². The van der Waals surface area contributed by atoms with E-state index in [-0.39, 0.29) is 32.2 Å². The third-order valence-electron chi connectivity index (χ3n) is 15.1. The highest BCUT2D eigenvalue weighted by Gasteiger charge is 2.22. The van der Waals surface area contributed by atoms with E-state index in [2.05, 4.69) is 98.9 Å². The maximum absolute atomic E-state index is 12.9. The number of carbonyl (C=O) groups excluding carboxylic acids is 3. The van der Waals surface area contributed by atoms with Crippen LogP contribution in [0, 0.1) is 0 Å². The molecule has 0 bridgehead atoms. The third-order valence-corrected chi connectivity index (χ3v) is 15.1. The Morgan fingerprint density at radius 2 is 0.687 bits per heavy atom. The zero-order valence-corrected chi connectivity index (χ0v) is 54.8. The minimum Gasteiger partial charge on any atom is -0.545 e. The van der Waals surface area contributed by atoms with Gasteiger partial charge in [0.1, 0.15) is 13.2 Å². The van der Waals surface area contributed by atoms with Crippen molar-refractivity contribution in [2.24, 2.45) is 0 Å². The number of allylic oxidation sites excluding steroid dienone is 14. The van der Waals surface area contributed by atoms with Crippen molar-refractivity contribution in [3.63, 3.8) is 0 Å². The van der Waals surface area contributed by atoms with E-state index in [0.717, 1.165) is 77.0 Å². The average Bonchev–Trinajstić information content (AvgIpc) is 3.46. The lowest BCUT2D eigenvalue weighted by molar-refractivity contribution is -0.870. The minimum atomic E-state index is -1.62. The molecule has 0 fully saturated rings. The summed E-state index contributed by atoms with van der Waals surface area (Å²) in [6.07, 6.45) is 83.7. The molecule has 0 aromatic rings. The molecule has 0 amide bonds. The predicted molar refractivity (Wildman–Crippen MR) is 352 cm³/mol. The Balaban J connectivity index is 4.11. The zero-order valence-electron chi connectivity index (χ0n) is 54.8. The second-order valence-corrected chi connectivity index (χ2v) is 24.4. The van der Waals surface area contributed by atoms with Crippen molar-refractivity contribution in [1.29, 1.82) is 0 Å². The number of esters is 2. The molecule has 0 saturated carbocycles. The van der Waals surface area contributed by atoms with Crippen molar-refractivity contribution in [3.05, 3.63) is 85.1 Å². The van der Waals surface area contributed by atoms with Gasteiger partial charge in [-0.15, -0.1) is 0 Å². The minimum absolute atomic E-state index is 0.146. The Morgan fingerprint density at radius 3 is 1.02 bits per heavy atom. The Bertz CT molecular complexity index is 1640. The van der Waals surface area contributed by atoms with Crippen molar-refractivity contribution in [1.82, 2.24) is 0 Å². The summed E-state index contributed by atoms with van der Waals surface area (Å²) >= 11 is 0. The number of nitrogens with zero attached hydrogens (tertiary/aromatic N) is 1. The molecule has 2 atom stereocenters. The summed E-state index contributed by atoms with van der Waals surface area (Å²) in [4.78, 5) is 37.5. The molecule has 0 aliphatic heterocycles. The molecule has 0 aromatic heterocycles. The first-order chi connectivity index (χ1) is 40.6. The summed E-state index contributed by atoms with van der Waals surface area (Å²) < 4.78 is 22.8. The predicted octanol–water partition coefficient (Wildman–Crippen LogP) is 20.1. The third kappa shape index (κ3) is 65.9. The van der Waals surface area contributed by atoms with E-state index in [1.807, 2.05) is 21.1 Å². The number of carbonyl (C=O) groups is 3. The van der Waals surface area contributed by atoms with Gasteiger partial charge in [-0.25, -0.2) is 0 Å². The van der Waals surface area contributed by atoms with E-state index in [9.17, 15) is 19.5 Å². The average molecular weight is 1160 g/mol. The van der Waals surface area contributed by atoms with Crippen LogP contribution in [0.2, 0.25) is 0 Å². The molecule has 480 valence electrons. The fourth-order valence-corrected chi connectivity index (χ4v) is 9.83.